The van der Waals surface area contributed by atoms with Crippen LogP contribution in [0, 0.1) is 0 Å². The van der Waals surface area contributed by atoms with Crippen LogP contribution >= 0.6 is 0 Å². The fraction of sp³-hybridized carbons (Fsp3) is 0.597. The van der Waals surface area contributed by atoms with Gasteiger partial charge in [0.15, 0.2) is 6.10 Å². The van der Waals surface area contributed by atoms with E-state index < -0.39 is 12.1 Å². The highest BCUT2D eigenvalue weighted by Gasteiger charge is 2.19. The summed E-state index contributed by atoms with van der Waals surface area (Å²) < 4.78 is 16.8. The lowest BCUT2D eigenvalue weighted by molar-refractivity contribution is -0.166. The van der Waals surface area contributed by atoms with Crippen molar-refractivity contribution in [2.45, 2.75) is 284 Å². The van der Waals surface area contributed by atoms with Gasteiger partial charge in [-0.15, -0.1) is 0 Å². The summed E-state index contributed by atoms with van der Waals surface area (Å²) in [6, 6.07) is 0. The van der Waals surface area contributed by atoms with Crippen molar-refractivity contribution in [1.29, 1.82) is 0 Å². The number of unbranched alkanes of at least 4 members (excludes halogenated alkanes) is 20. The van der Waals surface area contributed by atoms with Crippen molar-refractivity contribution in [3.8, 4) is 0 Å². The molecule has 0 aromatic heterocycles. The van der Waals surface area contributed by atoms with E-state index in [0.29, 0.717) is 19.3 Å². The molecule has 1 unspecified atom stereocenters. The molecule has 0 aliphatic rings. The van der Waals surface area contributed by atoms with Crippen molar-refractivity contribution in [3.63, 3.8) is 0 Å². The van der Waals surface area contributed by atoms with Crippen molar-refractivity contribution in [2.75, 3.05) is 13.2 Å². The van der Waals surface area contributed by atoms with E-state index in [0.717, 1.165) is 109 Å². The van der Waals surface area contributed by atoms with Crippen LogP contribution in [0.2, 0.25) is 0 Å². The molecule has 0 saturated heterocycles. The van der Waals surface area contributed by atoms with Crippen molar-refractivity contribution in [1.82, 2.24) is 0 Å². The second kappa shape index (κ2) is 69.3. The number of allylic oxidation sites excluding steroid dienone is 28. The van der Waals surface area contributed by atoms with Crippen LogP contribution in [0.1, 0.15) is 278 Å². The minimum Gasteiger partial charge on any atom is -0.462 e. The molecule has 0 aliphatic carbocycles. The molecule has 0 heterocycles. The van der Waals surface area contributed by atoms with E-state index in [1.54, 1.807) is 0 Å². The summed E-state index contributed by atoms with van der Waals surface area (Å²) in [5.41, 5.74) is 0. The highest BCUT2D eigenvalue weighted by atomic mass is 16.6. The van der Waals surface area contributed by atoms with Gasteiger partial charge >= 0.3 is 17.9 Å². The fourth-order valence-corrected chi connectivity index (χ4v) is 8.75. The predicted molar refractivity (Wildman–Crippen MR) is 361 cm³/mol. The van der Waals surface area contributed by atoms with Crippen molar-refractivity contribution in [2.24, 2.45) is 0 Å². The highest BCUT2D eigenvalue weighted by Crippen LogP contribution is 2.15. The maximum atomic E-state index is 12.9. The van der Waals surface area contributed by atoms with E-state index in [1.165, 1.54) is 116 Å². The average molecular weight is 1140 g/mol. The monoisotopic (exact) mass is 1140 g/mol. The molecule has 0 aliphatic heterocycles. The Hall–Kier alpha value is -5.23. The number of ether oxygens (including phenoxy) is 3. The minimum atomic E-state index is -0.852. The third-order valence-electron chi connectivity index (χ3n) is 13.7. The fourth-order valence-electron chi connectivity index (χ4n) is 8.75. The van der Waals surface area contributed by atoms with E-state index in [1.807, 2.05) is 12.2 Å². The van der Waals surface area contributed by atoms with Crippen molar-refractivity contribution in [3.05, 3.63) is 170 Å². The number of hydrogen-bond donors (Lipinski definition) is 0. The number of rotatable bonds is 59. The molecule has 1 atom stereocenters. The van der Waals surface area contributed by atoms with E-state index in [4.69, 9.17) is 14.2 Å². The van der Waals surface area contributed by atoms with Gasteiger partial charge in [0.2, 0.25) is 0 Å². The molecule has 0 radical (unpaired) electrons. The Morgan fingerprint density at radius 1 is 0.253 bits per heavy atom. The summed E-state index contributed by atoms with van der Waals surface area (Å²) in [6.45, 7) is 6.29. The molecule has 83 heavy (non-hydrogen) atoms. The predicted octanol–water partition coefficient (Wildman–Crippen LogP) is 23.4. The summed E-state index contributed by atoms with van der Waals surface area (Å²) in [5, 5.41) is 0. The van der Waals surface area contributed by atoms with Crippen LogP contribution in [0.15, 0.2) is 170 Å². The largest absolute Gasteiger partial charge is 0.462 e. The van der Waals surface area contributed by atoms with Gasteiger partial charge in [-0.3, -0.25) is 14.4 Å². The van der Waals surface area contributed by atoms with Gasteiger partial charge in [-0.25, -0.2) is 0 Å². The van der Waals surface area contributed by atoms with Gasteiger partial charge in [0, 0.05) is 19.3 Å². The number of hydrogen-bond acceptors (Lipinski definition) is 6. The van der Waals surface area contributed by atoms with Gasteiger partial charge < -0.3 is 14.2 Å². The first-order valence-corrected chi connectivity index (χ1v) is 33.6. The molecule has 0 aromatic rings. The molecule has 6 heteroatoms. The minimum absolute atomic E-state index is 0.133. The van der Waals surface area contributed by atoms with Crippen LogP contribution in [0.5, 0.6) is 0 Å². The van der Waals surface area contributed by atoms with E-state index in [-0.39, 0.29) is 38.0 Å². The number of carbonyl (C=O) groups is 3. The van der Waals surface area contributed by atoms with E-state index in [9.17, 15) is 14.4 Å². The Morgan fingerprint density at radius 2 is 0.506 bits per heavy atom. The van der Waals surface area contributed by atoms with Gasteiger partial charge in [0.25, 0.3) is 0 Å². The first-order valence-electron chi connectivity index (χ1n) is 33.6. The summed E-state index contributed by atoms with van der Waals surface area (Å²) in [4.78, 5) is 38.3. The second-order valence-corrected chi connectivity index (χ2v) is 21.6. The number of carbonyl (C=O) groups excluding carboxylic acids is 3. The molecule has 0 aromatic carbocycles. The summed E-state index contributed by atoms with van der Waals surface area (Å²) >= 11 is 0. The SMILES string of the molecule is CC/C=C\C/C=C\C/C=C\C/C=C\C/C=C\C/C=C\CCC(=O)OC(COC(=O)CCC/C=C\C/C=C\C/C=C\C/C=C\C/C=C\CC)COC(=O)CCCCCCCCCCCCCCCC/C=C\C/C=C\C/C=C\CCCCCCC. The molecule has 0 bridgehead atoms. The van der Waals surface area contributed by atoms with Gasteiger partial charge in [0.05, 0.1) is 0 Å². The Kier molecular flexibility index (Phi) is 64.9. The van der Waals surface area contributed by atoms with Crippen LogP contribution in [0.3, 0.4) is 0 Å². The first kappa shape index (κ1) is 77.8. The third-order valence-corrected chi connectivity index (χ3v) is 13.7. The zero-order valence-electron chi connectivity index (χ0n) is 53.4. The molecular weight excluding hydrogens is 1020 g/mol. The third kappa shape index (κ3) is 67.4. The summed E-state index contributed by atoms with van der Waals surface area (Å²) in [6.07, 6.45) is 102. The maximum absolute atomic E-state index is 12.9. The molecule has 0 rings (SSSR count). The zero-order valence-corrected chi connectivity index (χ0v) is 53.4. The van der Waals surface area contributed by atoms with Crippen LogP contribution in [0.25, 0.3) is 0 Å². The zero-order chi connectivity index (χ0) is 59.9. The molecule has 0 saturated carbocycles. The summed E-state index contributed by atoms with van der Waals surface area (Å²) in [5.74, 6) is -1.08. The van der Waals surface area contributed by atoms with Crippen molar-refractivity contribution < 1.29 is 28.6 Å². The molecule has 0 N–H and O–H groups in total. The maximum Gasteiger partial charge on any atom is 0.306 e. The van der Waals surface area contributed by atoms with Crippen LogP contribution < -0.4 is 0 Å². The molecule has 6 nitrogen and oxygen atoms in total. The molecule has 0 fully saturated rings. The first-order chi connectivity index (χ1) is 41.0. The summed E-state index contributed by atoms with van der Waals surface area (Å²) in [7, 11) is 0. The lowest BCUT2D eigenvalue weighted by Crippen LogP contribution is -2.30. The lowest BCUT2D eigenvalue weighted by atomic mass is 10.0. The Morgan fingerprint density at radius 3 is 0.831 bits per heavy atom. The molecule has 0 spiro atoms. The van der Waals surface area contributed by atoms with Gasteiger partial charge in [-0.1, -0.05) is 294 Å². The Labute approximate surface area is 511 Å². The normalized spacial score (nSPS) is 13.2. The molecule has 466 valence electrons. The van der Waals surface area contributed by atoms with Crippen LogP contribution in [0.4, 0.5) is 0 Å². The standard InChI is InChI=1S/C77H122O6/c1-4-7-10-13-16-19-22-25-28-31-33-34-35-36-37-38-39-40-41-42-44-46-49-52-55-58-61-64-67-70-76(79)82-73-74(72-81-75(78)69-66-63-60-57-54-51-48-45-30-27-24-21-18-15-12-9-6-3)83-77(80)71-68-65-62-59-56-53-50-47-43-32-29-26-23-20-17-14-11-8-5-2/h8-9,11-12,17-18,20-22,25-27,29-31,33,35-36,43,47-48,51,53,56-57,60,62,65,74H,4-7,10,13-16,19,23-24,28,32,34,37-42,44-46,49-50,52,54-55,58-59,61,63-64,66-73H2,1-3H3/b11-8-,12-9-,20-17-,21-18-,25-22-,29-26-,30-27-,33-31-,36-35-,47-43-,51-48-,56-53-,60-57-,65-62-. The Bertz CT molecular complexity index is 1890. The molecule has 0 amide bonds. The van der Waals surface area contributed by atoms with E-state index in [2.05, 4.69) is 179 Å². The van der Waals surface area contributed by atoms with Crippen LogP contribution in [-0.2, 0) is 28.6 Å². The quantitative estimate of drug-likeness (QED) is 0.0261. The average Bonchev–Trinajstić information content (AvgIpc) is 3.49. The highest BCUT2D eigenvalue weighted by molar-refractivity contribution is 5.71. The van der Waals surface area contributed by atoms with Gasteiger partial charge in [-0.2, -0.15) is 0 Å². The topological polar surface area (TPSA) is 78.9 Å². The molecular formula is C77H122O6. The Balaban J connectivity index is 4.47. The van der Waals surface area contributed by atoms with Gasteiger partial charge in [0.1, 0.15) is 13.2 Å². The lowest BCUT2D eigenvalue weighted by Gasteiger charge is -2.18. The van der Waals surface area contributed by atoms with Crippen molar-refractivity contribution >= 4 is 17.9 Å². The second-order valence-electron chi connectivity index (χ2n) is 21.6. The smallest absolute Gasteiger partial charge is 0.306 e. The van der Waals surface area contributed by atoms with E-state index >= 15 is 0 Å². The van der Waals surface area contributed by atoms with Gasteiger partial charge in [-0.05, 0) is 135 Å². The van der Waals surface area contributed by atoms with Crippen LogP contribution in [-0.4, -0.2) is 37.2 Å². The number of esters is 3.